The highest BCUT2D eigenvalue weighted by molar-refractivity contribution is 7.95. The van der Waals surface area contributed by atoms with E-state index in [1.54, 1.807) is 6.07 Å². The fourth-order valence-corrected chi connectivity index (χ4v) is 2.57. The van der Waals surface area contributed by atoms with Gasteiger partial charge >= 0.3 is 0 Å². The minimum Gasteiger partial charge on any atom is -0.748 e. The summed E-state index contributed by atoms with van der Waals surface area (Å²) in [4.78, 5) is 1.32. The predicted molar refractivity (Wildman–Crippen MR) is 78.7 cm³/mol. The van der Waals surface area contributed by atoms with Crippen molar-refractivity contribution >= 4 is 31.8 Å². The molecule has 2 aromatic carbocycles. The van der Waals surface area contributed by atoms with Gasteiger partial charge in [-0.1, -0.05) is 18.2 Å². The van der Waals surface area contributed by atoms with Gasteiger partial charge in [0.2, 0.25) is 0 Å². The summed E-state index contributed by atoms with van der Waals surface area (Å²) in [5.41, 5.74) is 0. The Morgan fingerprint density at radius 1 is 1.05 bits per heavy atom. The van der Waals surface area contributed by atoms with E-state index in [2.05, 4.69) is 18.6 Å². The van der Waals surface area contributed by atoms with Gasteiger partial charge in [-0.05, 0) is 18.2 Å². The molecule has 0 heterocycles. The molecule has 0 spiro atoms. The molecule has 0 unspecified atom stereocenters. The van der Waals surface area contributed by atoms with E-state index < -0.39 is 10.1 Å². The van der Waals surface area contributed by atoms with Crippen LogP contribution >= 0.6 is 0 Å². The van der Waals surface area contributed by atoms with Crippen LogP contribution in [-0.4, -0.2) is 36.8 Å². The van der Waals surface area contributed by atoms with E-state index in [1.807, 2.05) is 24.3 Å². The Morgan fingerprint density at radius 2 is 1.53 bits per heavy atom. The first-order chi connectivity index (χ1) is 8.70. The van der Waals surface area contributed by atoms with E-state index in [0.29, 0.717) is 12.0 Å². The second-order valence-electron chi connectivity index (χ2n) is 4.15. The van der Waals surface area contributed by atoms with Crippen molar-refractivity contribution in [3.05, 3.63) is 36.4 Å². The molecule has 6 heteroatoms. The van der Waals surface area contributed by atoms with Crippen LogP contribution in [0.3, 0.4) is 0 Å². The van der Waals surface area contributed by atoms with E-state index in [0.717, 1.165) is 5.39 Å². The Morgan fingerprint density at radius 3 is 2.00 bits per heavy atom. The van der Waals surface area contributed by atoms with Crippen molar-refractivity contribution in [1.29, 1.82) is 0 Å². The molecule has 1 N–H and O–H groups in total. The number of phenolic OH excluding ortho intramolecular Hbond substituents is 1. The van der Waals surface area contributed by atoms with Crippen LogP contribution in [0.1, 0.15) is 0 Å². The minimum atomic E-state index is -3.92. The van der Waals surface area contributed by atoms with Gasteiger partial charge in [0, 0.05) is 27.9 Å². The predicted octanol–water partition coefficient (Wildman–Crippen LogP) is 1.94. The van der Waals surface area contributed by atoms with Gasteiger partial charge in [0.05, 0.1) is 10.1 Å². The molecule has 0 aliphatic rings. The molecule has 0 aliphatic heterocycles. The number of rotatable bonds is 1. The third-order valence-electron chi connectivity index (χ3n) is 2.30. The fraction of sp³-hybridized carbons (Fsp3) is 0.231. The molecular formula is C13H16O4S2. The van der Waals surface area contributed by atoms with Crippen LogP contribution in [0.5, 0.6) is 5.75 Å². The lowest BCUT2D eigenvalue weighted by molar-refractivity contribution is 0.470. The topological polar surface area (TPSA) is 77.4 Å². The third-order valence-corrected chi connectivity index (χ3v) is 3.54. The van der Waals surface area contributed by atoms with Crippen molar-refractivity contribution in [2.45, 2.75) is 4.90 Å². The largest absolute Gasteiger partial charge is 0.748 e. The van der Waals surface area contributed by atoms with Crippen molar-refractivity contribution in [3.8, 4) is 5.75 Å². The standard InChI is InChI=1S/C12H12OS.CH4O3S/c1-14(2)12-8-7-11(13)9-5-3-4-6-10(9)12;1-5(2,3)4/h3-8H,1-2H3;1H3,(H,2,3,4). The number of fused-ring (bicyclic) bond motifs is 1. The van der Waals surface area contributed by atoms with Gasteiger partial charge in [-0.3, -0.25) is 0 Å². The van der Waals surface area contributed by atoms with Crippen molar-refractivity contribution in [2.24, 2.45) is 0 Å². The Hall–Kier alpha value is -1.24. The molecule has 2 aromatic rings. The molecule has 2 rings (SSSR count). The molecule has 0 radical (unpaired) electrons. The average Bonchev–Trinajstić information content (AvgIpc) is 2.27. The molecule has 0 amide bonds. The van der Waals surface area contributed by atoms with Gasteiger partial charge in [0.15, 0.2) is 4.90 Å². The Kier molecular flexibility index (Phi) is 5.22. The van der Waals surface area contributed by atoms with E-state index in [9.17, 15) is 5.11 Å². The summed E-state index contributed by atoms with van der Waals surface area (Å²) >= 11 is 0. The summed E-state index contributed by atoms with van der Waals surface area (Å²) in [6.07, 6.45) is 4.99. The number of phenols is 1. The zero-order chi connectivity index (χ0) is 14.6. The van der Waals surface area contributed by atoms with Crippen molar-refractivity contribution in [1.82, 2.24) is 0 Å². The summed E-state index contributed by atoms with van der Waals surface area (Å²) in [5, 5.41) is 11.8. The normalized spacial score (nSPS) is 11.2. The maximum atomic E-state index is 9.68. The molecule has 19 heavy (non-hydrogen) atoms. The number of hydrogen-bond acceptors (Lipinski definition) is 4. The Balaban J connectivity index is 0.000000312. The Labute approximate surface area is 116 Å². The molecule has 104 valence electrons. The molecular weight excluding hydrogens is 284 g/mol. The lowest BCUT2D eigenvalue weighted by atomic mass is 10.1. The van der Waals surface area contributed by atoms with E-state index in [4.69, 9.17) is 13.0 Å². The quantitative estimate of drug-likeness (QED) is 0.645. The zero-order valence-electron chi connectivity index (χ0n) is 11.0. The van der Waals surface area contributed by atoms with Crippen LogP contribution in [0.2, 0.25) is 0 Å². The zero-order valence-corrected chi connectivity index (χ0v) is 12.6. The highest BCUT2D eigenvalue weighted by Crippen LogP contribution is 2.29. The highest BCUT2D eigenvalue weighted by Gasteiger charge is 2.14. The Bertz CT molecular complexity index is 655. The first kappa shape index (κ1) is 15.8. The first-order valence-corrected chi connectivity index (χ1v) is 9.25. The summed E-state index contributed by atoms with van der Waals surface area (Å²) in [7, 11) is -3.69. The van der Waals surface area contributed by atoms with Crippen LogP contribution in [0.15, 0.2) is 41.3 Å². The van der Waals surface area contributed by atoms with E-state index in [-0.39, 0.29) is 10.9 Å². The van der Waals surface area contributed by atoms with Crippen molar-refractivity contribution in [2.75, 3.05) is 18.8 Å². The van der Waals surface area contributed by atoms with E-state index >= 15 is 0 Å². The summed E-state index contributed by atoms with van der Waals surface area (Å²) in [5.74, 6) is 0.370. The molecule has 0 aliphatic carbocycles. The lowest BCUT2D eigenvalue weighted by Gasteiger charge is -2.04. The van der Waals surface area contributed by atoms with Gasteiger partial charge < -0.3 is 9.66 Å². The van der Waals surface area contributed by atoms with Crippen molar-refractivity contribution in [3.63, 3.8) is 0 Å². The van der Waals surface area contributed by atoms with Crippen LogP contribution in [-0.2, 0) is 21.0 Å². The highest BCUT2D eigenvalue weighted by atomic mass is 32.2. The average molecular weight is 300 g/mol. The second kappa shape index (κ2) is 6.27. The van der Waals surface area contributed by atoms with Crippen LogP contribution in [0.4, 0.5) is 0 Å². The summed E-state index contributed by atoms with van der Waals surface area (Å²) < 4.78 is 27.2. The van der Waals surface area contributed by atoms with Gasteiger partial charge in [-0.25, -0.2) is 8.42 Å². The van der Waals surface area contributed by atoms with Crippen LogP contribution < -0.4 is 0 Å². The third kappa shape index (κ3) is 5.10. The number of hydrogen-bond donors (Lipinski definition) is 1. The molecule has 0 fully saturated rings. The first-order valence-electron chi connectivity index (χ1n) is 5.39. The second-order valence-corrected chi connectivity index (χ2v) is 7.63. The van der Waals surface area contributed by atoms with Crippen molar-refractivity contribution < 1.29 is 18.1 Å². The summed E-state index contributed by atoms with van der Waals surface area (Å²) in [6.45, 7) is 0. The molecule has 0 aromatic heterocycles. The monoisotopic (exact) mass is 300 g/mol. The van der Waals surface area contributed by atoms with Crippen LogP contribution in [0.25, 0.3) is 10.8 Å². The number of benzene rings is 2. The fourth-order valence-electron chi connectivity index (χ4n) is 1.61. The molecule has 0 saturated carbocycles. The maximum Gasteiger partial charge on any atom is 0.162 e. The summed E-state index contributed by atoms with van der Waals surface area (Å²) in [6, 6.07) is 11.8. The molecule has 0 bridgehead atoms. The van der Waals surface area contributed by atoms with E-state index in [1.165, 1.54) is 10.3 Å². The van der Waals surface area contributed by atoms with Gasteiger partial charge in [-0.2, -0.15) is 0 Å². The smallest absolute Gasteiger partial charge is 0.162 e. The maximum absolute atomic E-state index is 9.68. The molecule has 4 nitrogen and oxygen atoms in total. The van der Waals surface area contributed by atoms with Crippen LogP contribution in [0, 0.1) is 0 Å². The molecule has 0 atom stereocenters. The minimum absolute atomic E-state index is 0.227. The van der Waals surface area contributed by atoms with Gasteiger partial charge in [-0.15, -0.1) is 0 Å². The van der Waals surface area contributed by atoms with Gasteiger partial charge in [0.25, 0.3) is 0 Å². The number of aromatic hydroxyl groups is 1. The molecule has 0 saturated heterocycles. The lowest BCUT2D eigenvalue weighted by Crippen LogP contribution is -1.96. The SMILES string of the molecule is CS(=O)(=O)[O-].C[S+](C)c1ccc(O)c2ccccc12. The van der Waals surface area contributed by atoms with Gasteiger partial charge in [0.1, 0.15) is 18.3 Å².